The van der Waals surface area contributed by atoms with Gasteiger partial charge in [0.1, 0.15) is 5.82 Å². The van der Waals surface area contributed by atoms with Gasteiger partial charge in [-0.3, -0.25) is 9.78 Å². The van der Waals surface area contributed by atoms with Gasteiger partial charge in [-0.05, 0) is 24.3 Å². The number of amides is 1. The maximum Gasteiger partial charge on any atom is 0.256 e. The van der Waals surface area contributed by atoms with Gasteiger partial charge in [-0.15, -0.1) is 0 Å². The zero-order valence-electron chi connectivity index (χ0n) is 18.1. The van der Waals surface area contributed by atoms with Crippen LogP contribution in [0.5, 0.6) is 11.6 Å². The third-order valence-electron chi connectivity index (χ3n) is 5.27. The van der Waals surface area contributed by atoms with Crippen molar-refractivity contribution in [3.8, 4) is 22.8 Å². The van der Waals surface area contributed by atoms with E-state index in [0.717, 1.165) is 22.5 Å². The van der Waals surface area contributed by atoms with E-state index in [1.54, 1.807) is 32.7 Å². The number of hydrogen-bond acceptors (Lipinski definition) is 8. The number of nitrogens with zero attached hydrogens (tertiary/aromatic N) is 4. The first-order chi connectivity index (χ1) is 15.6. The molecule has 3 aromatic rings. The Morgan fingerprint density at radius 2 is 1.97 bits per heavy atom. The summed E-state index contributed by atoms with van der Waals surface area (Å²) in [7, 11) is 3.12. The number of pyridine rings is 3. The molecule has 4 heterocycles. The summed E-state index contributed by atoms with van der Waals surface area (Å²) in [6.07, 6.45) is 3.85. The molecular weight excluding hydrogens is 410 g/mol. The summed E-state index contributed by atoms with van der Waals surface area (Å²) in [5.74, 6) is 0.980. The zero-order valence-corrected chi connectivity index (χ0v) is 18.1. The number of primary amides is 1. The van der Waals surface area contributed by atoms with Crippen LogP contribution in [-0.2, 0) is 11.2 Å². The second-order valence-corrected chi connectivity index (χ2v) is 7.25. The average Bonchev–Trinajstić information content (AvgIpc) is 2.84. The molecule has 0 radical (unpaired) electrons. The Balaban J connectivity index is 1.84. The van der Waals surface area contributed by atoms with Gasteiger partial charge in [0.25, 0.3) is 11.8 Å². The average molecular weight is 435 g/mol. The van der Waals surface area contributed by atoms with E-state index >= 15 is 0 Å². The smallest absolute Gasteiger partial charge is 0.256 e. The second-order valence-electron chi connectivity index (χ2n) is 7.25. The lowest BCUT2D eigenvalue weighted by Crippen LogP contribution is -2.38. The quantitative estimate of drug-likeness (QED) is 0.600. The molecule has 1 amide bonds. The predicted octanol–water partition coefficient (Wildman–Crippen LogP) is 2.08. The molecule has 1 aliphatic rings. The van der Waals surface area contributed by atoms with Crippen LogP contribution in [0.2, 0.25) is 0 Å². The molecule has 0 bridgehead atoms. The van der Waals surface area contributed by atoms with E-state index in [1.165, 1.54) is 0 Å². The van der Waals surface area contributed by atoms with Crippen molar-refractivity contribution in [3.63, 3.8) is 0 Å². The fraction of sp³-hybridized carbons (Fsp3) is 0.304. The molecule has 4 rings (SSSR count). The number of nitrogens with two attached hydrogens (primary N) is 1. The molecule has 1 aliphatic heterocycles. The van der Waals surface area contributed by atoms with E-state index < -0.39 is 5.91 Å². The van der Waals surface area contributed by atoms with Crippen molar-refractivity contribution >= 4 is 11.7 Å². The highest BCUT2D eigenvalue weighted by atomic mass is 16.5. The molecule has 1 saturated heterocycles. The highest BCUT2D eigenvalue weighted by Gasteiger charge is 2.23. The Labute approximate surface area is 186 Å². The Bertz CT molecular complexity index is 1100. The molecular formula is C23H25N5O4. The normalized spacial score (nSPS) is 13.6. The maximum absolute atomic E-state index is 12.3. The number of carbonyl (C=O) groups is 1. The van der Waals surface area contributed by atoms with Crippen LogP contribution >= 0.6 is 0 Å². The lowest BCUT2D eigenvalue weighted by atomic mass is 9.99. The summed E-state index contributed by atoms with van der Waals surface area (Å²) in [6, 6.07) is 9.24. The first-order valence-corrected chi connectivity index (χ1v) is 10.3. The van der Waals surface area contributed by atoms with Crippen LogP contribution in [0.4, 0.5) is 5.82 Å². The summed E-state index contributed by atoms with van der Waals surface area (Å²) < 4.78 is 16.1. The van der Waals surface area contributed by atoms with Crippen LogP contribution in [0, 0.1) is 0 Å². The van der Waals surface area contributed by atoms with Gasteiger partial charge in [0.15, 0.2) is 5.75 Å². The molecule has 0 saturated carbocycles. The number of hydrogen-bond donors (Lipinski definition) is 1. The number of ether oxygens (including phenoxy) is 3. The standard InChI is InChI=1S/C23H25N5O4/c1-30-20-6-5-16(26-23(20)31-2)12-19-17(15-4-3-7-25-14-15)13-18(21(24)29)22(27-19)28-8-10-32-11-9-28/h3-7,13-14H,8-12H2,1-2H3,(H2,24,29). The molecule has 32 heavy (non-hydrogen) atoms. The second kappa shape index (κ2) is 9.61. The zero-order chi connectivity index (χ0) is 22.5. The van der Waals surface area contributed by atoms with E-state index in [9.17, 15) is 4.79 Å². The third kappa shape index (κ3) is 4.47. The van der Waals surface area contributed by atoms with Crippen molar-refractivity contribution in [2.75, 3.05) is 45.4 Å². The fourth-order valence-electron chi connectivity index (χ4n) is 3.68. The Morgan fingerprint density at radius 3 is 2.62 bits per heavy atom. The van der Waals surface area contributed by atoms with Gasteiger partial charge >= 0.3 is 0 Å². The predicted molar refractivity (Wildman–Crippen MR) is 119 cm³/mol. The minimum atomic E-state index is -0.528. The van der Waals surface area contributed by atoms with Crippen molar-refractivity contribution in [1.82, 2.24) is 15.0 Å². The van der Waals surface area contributed by atoms with E-state index in [4.69, 9.17) is 24.9 Å². The van der Waals surface area contributed by atoms with E-state index in [-0.39, 0.29) is 0 Å². The van der Waals surface area contributed by atoms with Crippen molar-refractivity contribution < 1.29 is 19.0 Å². The van der Waals surface area contributed by atoms with Crippen LogP contribution in [0.25, 0.3) is 11.1 Å². The number of aromatic nitrogens is 3. The highest BCUT2D eigenvalue weighted by molar-refractivity contribution is 5.99. The minimum Gasteiger partial charge on any atom is -0.491 e. The van der Waals surface area contributed by atoms with E-state index in [1.807, 2.05) is 29.2 Å². The fourth-order valence-corrected chi connectivity index (χ4v) is 3.68. The van der Waals surface area contributed by atoms with Gasteiger partial charge in [-0.1, -0.05) is 6.07 Å². The van der Waals surface area contributed by atoms with Gasteiger partial charge in [0, 0.05) is 43.0 Å². The molecule has 0 atom stereocenters. The van der Waals surface area contributed by atoms with Crippen LogP contribution in [0.3, 0.4) is 0 Å². The van der Waals surface area contributed by atoms with Gasteiger partial charge in [0.05, 0.1) is 44.4 Å². The van der Waals surface area contributed by atoms with Gasteiger partial charge in [-0.2, -0.15) is 0 Å². The van der Waals surface area contributed by atoms with E-state index in [0.29, 0.717) is 55.7 Å². The lowest BCUT2D eigenvalue weighted by Gasteiger charge is -2.30. The molecule has 9 heteroatoms. The Hall–Kier alpha value is -3.72. The SMILES string of the molecule is COc1ccc(Cc2nc(N3CCOCC3)c(C(N)=O)cc2-c2cccnc2)nc1OC. The van der Waals surface area contributed by atoms with Crippen LogP contribution in [0.1, 0.15) is 21.7 Å². The van der Waals surface area contributed by atoms with Crippen LogP contribution in [-0.4, -0.2) is 61.4 Å². The first kappa shape index (κ1) is 21.5. The third-order valence-corrected chi connectivity index (χ3v) is 5.27. The molecule has 3 aromatic heterocycles. The van der Waals surface area contributed by atoms with Crippen molar-refractivity contribution in [2.24, 2.45) is 5.73 Å². The van der Waals surface area contributed by atoms with Crippen molar-refractivity contribution in [1.29, 1.82) is 0 Å². The maximum atomic E-state index is 12.3. The topological polar surface area (TPSA) is 113 Å². The lowest BCUT2D eigenvalue weighted by molar-refractivity contribution is 0.0998. The van der Waals surface area contributed by atoms with Gasteiger partial charge < -0.3 is 24.8 Å². The summed E-state index contributed by atoms with van der Waals surface area (Å²) >= 11 is 0. The van der Waals surface area contributed by atoms with Crippen molar-refractivity contribution in [2.45, 2.75) is 6.42 Å². The van der Waals surface area contributed by atoms with E-state index in [2.05, 4.69) is 9.97 Å². The summed E-state index contributed by atoms with van der Waals surface area (Å²) in [4.78, 5) is 28.1. The highest BCUT2D eigenvalue weighted by Crippen LogP contribution is 2.31. The molecule has 166 valence electrons. The van der Waals surface area contributed by atoms with Crippen molar-refractivity contribution in [3.05, 3.63) is 59.7 Å². The summed E-state index contributed by atoms with van der Waals surface area (Å²) in [5, 5.41) is 0. The van der Waals surface area contributed by atoms with Crippen LogP contribution in [0.15, 0.2) is 42.7 Å². The molecule has 9 nitrogen and oxygen atoms in total. The molecule has 0 aromatic carbocycles. The Kier molecular flexibility index (Phi) is 6.46. The molecule has 1 fully saturated rings. The molecule has 0 unspecified atom stereocenters. The summed E-state index contributed by atoms with van der Waals surface area (Å²) in [6.45, 7) is 2.40. The number of anilines is 1. The summed E-state index contributed by atoms with van der Waals surface area (Å²) in [5.41, 5.74) is 9.24. The number of methoxy groups -OCH3 is 2. The Morgan fingerprint density at radius 1 is 1.16 bits per heavy atom. The number of carbonyl (C=O) groups excluding carboxylic acids is 1. The molecule has 2 N–H and O–H groups in total. The molecule has 0 spiro atoms. The van der Waals surface area contributed by atoms with Gasteiger partial charge in [-0.25, -0.2) is 9.97 Å². The van der Waals surface area contributed by atoms with Gasteiger partial charge in [0.2, 0.25) is 0 Å². The number of morpholine rings is 1. The minimum absolute atomic E-state index is 0.370. The van der Waals surface area contributed by atoms with Crippen LogP contribution < -0.4 is 20.1 Å². The first-order valence-electron chi connectivity index (χ1n) is 10.3. The largest absolute Gasteiger partial charge is 0.491 e. The molecule has 0 aliphatic carbocycles. The monoisotopic (exact) mass is 435 g/mol. The number of rotatable bonds is 7.